The van der Waals surface area contributed by atoms with Crippen molar-refractivity contribution in [3.63, 3.8) is 0 Å². The average molecular weight is 339 g/mol. The maximum atomic E-state index is 12.7. The number of nitrogens with one attached hydrogen (secondary N) is 2. The number of anilines is 1. The number of fused-ring (bicyclic) bond motifs is 1. The molecule has 2 N–H and O–H groups in total. The van der Waals surface area contributed by atoms with Crippen LogP contribution in [0.1, 0.15) is 37.7 Å². The molecular formula is C19H25N5O. The van der Waals surface area contributed by atoms with Crippen molar-refractivity contribution >= 4 is 11.8 Å². The molecule has 5 rings (SSSR count). The molecule has 2 aliphatic heterocycles. The van der Waals surface area contributed by atoms with Crippen LogP contribution >= 0.6 is 0 Å². The number of hydrogen-bond donors (Lipinski definition) is 2. The third-order valence-corrected chi connectivity index (χ3v) is 5.99. The first-order valence-corrected chi connectivity index (χ1v) is 9.36. The molecule has 4 aliphatic rings. The number of amides is 2. The van der Waals surface area contributed by atoms with Gasteiger partial charge in [-0.3, -0.25) is 0 Å². The van der Waals surface area contributed by atoms with Gasteiger partial charge in [-0.2, -0.15) is 5.26 Å². The molecule has 4 fully saturated rings. The summed E-state index contributed by atoms with van der Waals surface area (Å²) in [4.78, 5) is 18.9. The van der Waals surface area contributed by atoms with Gasteiger partial charge >= 0.3 is 6.03 Å². The van der Waals surface area contributed by atoms with Crippen LogP contribution in [0, 0.1) is 29.1 Å². The number of aromatic nitrogens is 1. The zero-order chi connectivity index (χ0) is 17.2. The highest BCUT2D eigenvalue weighted by atomic mass is 16.2. The molecule has 1 aromatic heterocycles. The summed E-state index contributed by atoms with van der Waals surface area (Å²) >= 11 is 0. The van der Waals surface area contributed by atoms with Crippen LogP contribution in [0.25, 0.3) is 0 Å². The van der Waals surface area contributed by atoms with E-state index in [1.54, 1.807) is 18.3 Å². The van der Waals surface area contributed by atoms with Crippen LogP contribution in [0.3, 0.4) is 0 Å². The molecule has 2 saturated heterocycles. The Morgan fingerprint density at radius 2 is 1.96 bits per heavy atom. The second kappa shape index (κ2) is 6.91. The molecule has 2 saturated carbocycles. The Bertz CT molecular complexity index is 671. The highest BCUT2D eigenvalue weighted by Crippen LogP contribution is 2.47. The van der Waals surface area contributed by atoms with E-state index in [0.717, 1.165) is 18.4 Å². The zero-order valence-corrected chi connectivity index (χ0v) is 14.4. The van der Waals surface area contributed by atoms with E-state index >= 15 is 0 Å². The molecule has 2 unspecified atom stereocenters. The average Bonchev–Trinajstić information content (AvgIpc) is 2.82. The van der Waals surface area contributed by atoms with Crippen molar-refractivity contribution in [3.8, 4) is 6.07 Å². The normalized spacial score (nSPS) is 29.8. The number of nitriles is 1. The first-order chi connectivity index (χ1) is 12.2. The van der Waals surface area contributed by atoms with E-state index in [-0.39, 0.29) is 6.03 Å². The predicted octanol–water partition coefficient (Wildman–Crippen LogP) is 2.59. The van der Waals surface area contributed by atoms with Crippen LogP contribution in [-0.4, -0.2) is 41.6 Å². The summed E-state index contributed by atoms with van der Waals surface area (Å²) in [6.45, 7) is 2.02. The SMILES string of the molecule is N#Cc1cccnc1NCCNC(=O)N1CC2C[C@@H]3CC1C[C@H](C2)C3. The van der Waals surface area contributed by atoms with Crippen LogP contribution in [0.15, 0.2) is 18.3 Å². The minimum atomic E-state index is 0.0709. The van der Waals surface area contributed by atoms with Gasteiger partial charge in [0.2, 0.25) is 0 Å². The molecule has 0 spiro atoms. The van der Waals surface area contributed by atoms with Gasteiger partial charge in [-0.15, -0.1) is 0 Å². The fourth-order valence-electron chi connectivity index (χ4n) is 5.12. The molecule has 1 aromatic rings. The Kier molecular flexibility index (Phi) is 4.48. The lowest BCUT2D eigenvalue weighted by molar-refractivity contribution is 0.132. The van der Waals surface area contributed by atoms with Crippen LogP contribution in [-0.2, 0) is 0 Å². The van der Waals surface area contributed by atoms with Crippen molar-refractivity contribution < 1.29 is 4.79 Å². The Morgan fingerprint density at radius 3 is 2.72 bits per heavy atom. The van der Waals surface area contributed by atoms with Gasteiger partial charge in [0.25, 0.3) is 0 Å². The highest BCUT2D eigenvalue weighted by Gasteiger charge is 2.43. The molecule has 6 heteroatoms. The minimum Gasteiger partial charge on any atom is -0.367 e. The van der Waals surface area contributed by atoms with Gasteiger partial charge in [-0.1, -0.05) is 0 Å². The fraction of sp³-hybridized carbons (Fsp3) is 0.632. The van der Waals surface area contributed by atoms with Crippen molar-refractivity contribution in [1.82, 2.24) is 15.2 Å². The van der Waals surface area contributed by atoms with E-state index in [0.29, 0.717) is 36.4 Å². The Labute approximate surface area is 148 Å². The maximum absolute atomic E-state index is 12.7. The molecule has 4 atom stereocenters. The van der Waals surface area contributed by atoms with E-state index < -0.39 is 0 Å². The third kappa shape index (κ3) is 3.41. The Balaban J connectivity index is 1.29. The zero-order valence-electron chi connectivity index (χ0n) is 14.4. The molecule has 25 heavy (non-hydrogen) atoms. The van der Waals surface area contributed by atoms with E-state index in [1.165, 1.54) is 32.1 Å². The predicted molar refractivity (Wildman–Crippen MR) is 94.9 cm³/mol. The fourth-order valence-corrected chi connectivity index (χ4v) is 5.12. The first kappa shape index (κ1) is 16.2. The molecule has 2 aliphatic carbocycles. The van der Waals surface area contributed by atoms with Crippen molar-refractivity contribution in [2.45, 2.75) is 38.1 Å². The number of pyridine rings is 1. The number of carbonyl (C=O) groups is 1. The van der Waals surface area contributed by atoms with E-state index in [1.807, 2.05) is 0 Å². The van der Waals surface area contributed by atoms with Gasteiger partial charge in [-0.05, 0) is 62.0 Å². The number of hydrogen-bond acceptors (Lipinski definition) is 4. The van der Waals surface area contributed by atoms with E-state index in [4.69, 9.17) is 5.26 Å². The largest absolute Gasteiger partial charge is 0.367 e. The van der Waals surface area contributed by atoms with Gasteiger partial charge in [0.05, 0.1) is 5.56 Å². The summed E-state index contributed by atoms with van der Waals surface area (Å²) in [7, 11) is 0. The smallest absolute Gasteiger partial charge is 0.317 e. The van der Waals surface area contributed by atoms with Crippen LogP contribution in [0.2, 0.25) is 0 Å². The molecule has 4 bridgehead atoms. The van der Waals surface area contributed by atoms with Gasteiger partial charge in [0.15, 0.2) is 0 Å². The number of urea groups is 1. The van der Waals surface area contributed by atoms with Crippen molar-refractivity contribution in [1.29, 1.82) is 5.26 Å². The lowest BCUT2D eigenvalue weighted by Crippen LogP contribution is -2.48. The first-order valence-electron chi connectivity index (χ1n) is 9.36. The summed E-state index contributed by atoms with van der Waals surface area (Å²) in [5.74, 6) is 2.96. The molecular weight excluding hydrogens is 314 g/mol. The molecule has 6 nitrogen and oxygen atoms in total. The maximum Gasteiger partial charge on any atom is 0.317 e. The van der Waals surface area contributed by atoms with E-state index in [9.17, 15) is 4.79 Å². The summed E-state index contributed by atoms with van der Waals surface area (Å²) in [6.07, 6.45) is 8.06. The van der Waals surface area contributed by atoms with Gasteiger partial charge in [0.1, 0.15) is 11.9 Å². The van der Waals surface area contributed by atoms with Crippen LogP contribution in [0.4, 0.5) is 10.6 Å². The summed E-state index contributed by atoms with van der Waals surface area (Å²) in [5, 5.41) is 15.2. The number of rotatable bonds is 4. The minimum absolute atomic E-state index is 0.0709. The summed E-state index contributed by atoms with van der Waals surface area (Å²) in [6, 6.07) is 6.10. The molecule has 0 aromatic carbocycles. The van der Waals surface area contributed by atoms with Crippen molar-refractivity contribution in [3.05, 3.63) is 23.9 Å². The van der Waals surface area contributed by atoms with E-state index in [2.05, 4.69) is 26.6 Å². The van der Waals surface area contributed by atoms with Crippen molar-refractivity contribution in [2.75, 3.05) is 25.0 Å². The summed E-state index contributed by atoms with van der Waals surface area (Å²) in [5.41, 5.74) is 0.523. The topological polar surface area (TPSA) is 81.0 Å². The molecule has 0 radical (unpaired) electrons. The lowest BCUT2D eigenvalue weighted by Gasteiger charge is -2.38. The molecule has 132 valence electrons. The Hall–Kier alpha value is -2.29. The lowest BCUT2D eigenvalue weighted by atomic mass is 9.68. The third-order valence-electron chi connectivity index (χ3n) is 5.99. The van der Waals surface area contributed by atoms with Gasteiger partial charge in [0, 0.05) is 31.9 Å². The van der Waals surface area contributed by atoms with Crippen LogP contribution in [0.5, 0.6) is 0 Å². The summed E-state index contributed by atoms with van der Waals surface area (Å²) < 4.78 is 0. The van der Waals surface area contributed by atoms with Gasteiger partial charge < -0.3 is 15.5 Å². The Morgan fingerprint density at radius 1 is 1.20 bits per heavy atom. The van der Waals surface area contributed by atoms with Gasteiger partial charge in [-0.25, -0.2) is 9.78 Å². The second-order valence-electron chi connectivity index (χ2n) is 7.75. The molecule has 2 amide bonds. The number of nitrogens with zero attached hydrogens (tertiary/aromatic N) is 3. The monoisotopic (exact) mass is 339 g/mol. The van der Waals surface area contributed by atoms with Crippen LogP contribution < -0.4 is 10.6 Å². The molecule has 3 heterocycles. The van der Waals surface area contributed by atoms with Crippen molar-refractivity contribution in [2.24, 2.45) is 17.8 Å². The standard InChI is InChI=1S/C19H25N5O/c20-11-16-2-1-3-21-18(16)22-4-5-23-19(25)24-12-15-7-13-6-14(8-15)10-17(24)9-13/h1-3,13-15,17H,4-10,12H2,(H,21,22)(H,23,25)/t13-,14+,15?,17?. The quantitative estimate of drug-likeness (QED) is 0.826. The second-order valence-corrected chi connectivity index (χ2v) is 7.75. The highest BCUT2D eigenvalue weighted by molar-refractivity contribution is 5.74. The number of carbonyl (C=O) groups excluding carboxylic acids is 1.